The molecular weight excluding hydrogens is 1280 g/mol. The molecular formula is C79H146O17P2. The van der Waals surface area contributed by atoms with Crippen molar-refractivity contribution in [2.45, 2.75) is 393 Å². The number of allylic oxidation sites excluding steroid dienone is 8. The standard InChI is InChI=1S/C79H146O17P2/c1-5-9-13-17-21-25-29-33-36-40-43-47-51-55-59-63-76(81)89-69-74(95-78(83)65-61-57-53-49-45-39-32-28-24-20-16-12-8-4)71-93-97(85,86)91-67-73(80)68-92-98(87,88)94-72-75(96-79(84)66-62-58-54-50-46-42-38-35-31-27-23-19-15-11-7-3)70-90-77(82)64-60-56-52-48-44-41-37-34-30-26-22-18-14-10-6-2/h22,25-27,29,31,34,37,73-75,80H,5-21,23-24,28,30,32-33,35-36,38-72H2,1-4H3,(H,85,86)(H,87,88)/b26-22-,29-25-,31-27-,37-34-/t73-,74+,75+/m0/s1. The van der Waals surface area contributed by atoms with Gasteiger partial charge in [0, 0.05) is 25.7 Å². The molecule has 0 aromatic carbocycles. The third kappa shape index (κ3) is 71.4. The zero-order chi connectivity index (χ0) is 71.8. The zero-order valence-corrected chi connectivity index (χ0v) is 64.5. The molecule has 0 aliphatic heterocycles. The minimum absolute atomic E-state index is 0.0919. The lowest BCUT2D eigenvalue weighted by molar-refractivity contribution is -0.161. The second kappa shape index (κ2) is 72.4. The second-order valence-corrected chi connectivity index (χ2v) is 29.9. The van der Waals surface area contributed by atoms with E-state index in [9.17, 15) is 43.2 Å². The minimum Gasteiger partial charge on any atom is -0.462 e. The van der Waals surface area contributed by atoms with Gasteiger partial charge in [-0.05, 0) is 109 Å². The Labute approximate surface area is 597 Å². The molecule has 3 N–H and O–H groups in total. The zero-order valence-electron chi connectivity index (χ0n) is 62.7. The maximum atomic E-state index is 13.1. The van der Waals surface area contributed by atoms with E-state index in [1.54, 1.807) is 0 Å². The lowest BCUT2D eigenvalue weighted by atomic mass is 10.0. The summed E-state index contributed by atoms with van der Waals surface area (Å²) in [6.07, 6.45) is 69.4. The van der Waals surface area contributed by atoms with Gasteiger partial charge in [0.05, 0.1) is 26.4 Å². The van der Waals surface area contributed by atoms with Gasteiger partial charge in [0.15, 0.2) is 12.2 Å². The lowest BCUT2D eigenvalue weighted by Crippen LogP contribution is -2.30. The first-order chi connectivity index (χ1) is 47.7. The molecule has 0 fully saturated rings. The van der Waals surface area contributed by atoms with E-state index >= 15 is 0 Å². The molecule has 2 unspecified atom stereocenters. The molecule has 574 valence electrons. The predicted molar refractivity (Wildman–Crippen MR) is 400 cm³/mol. The fourth-order valence-electron chi connectivity index (χ4n) is 11.1. The van der Waals surface area contributed by atoms with E-state index in [1.807, 2.05) is 0 Å². The Morgan fingerprint density at radius 1 is 0.286 bits per heavy atom. The van der Waals surface area contributed by atoms with Crippen molar-refractivity contribution in [3.63, 3.8) is 0 Å². The summed E-state index contributed by atoms with van der Waals surface area (Å²) in [4.78, 5) is 72.9. The smallest absolute Gasteiger partial charge is 0.462 e. The molecule has 0 aromatic heterocycles. The molecule has 0 amide bonds. The first kappa shape index (κ1) is 95.0. The first-order valence-electron chi connectivity index (χ1n) is 39.9. The number of rotatable bonds is 76. The van der Waals surface area contributed by atoms with Gasteiger partial charge in [-0.3, -0.25) is 37.3 Å². The van der Waals surface area contributed by atoms with Crippen molar-refractivity contribution in [1.29, 1.82) is 0 Å². The third-order valence-corrected chi connectivity index (χ3v) is 19.2. The number of aliphatic hydroxyl groups is 1. The summed E-state index contributed by atoms with van der Waals surface area (Å²) < 4.78 is 68.6. The Morgan fingerprint density at radius 3 is 0.796 bits per heavy atom. The van der Waals surface area contributed by atoms with Crippen LogP contribution in [0.15, 0.2) is 48.6 Å². The first-order valence-corrected chi connectivity index (χ1v) is 42.9. The number of aliphatic hydroxyl groups excluding tert-OH is 1. The topological polar surface area (TPSA) is 237 Å². The highest BCUT2D eigenvalue weighted by Crippen LogP contribution is 2.45. The number of phosphoric acid groups is 2. The lowest BCUT2D eigenvalue weighted by Gasteiger charge is -2.21. The largest absolute Gasteiger partial charge is 0.472 e. The second-order valence-electron chi connectivity index (χ2n) is 27.0. The average molecular weight is 1430 g/mol. The Bertz CT molecular complexity index is 2050. The van der Waals surface area contributed by atoms with Crippen molar-refractivity contribution >= 4 is 39.5 Å². The van der Waals surface area contributed by atoms with Gasteiger partial charge in [-0.15, -0.1) is 0 Å². The molecule has 0 spiro atoms. The summed E-state index contributed by atoms with van der Waals surface area (Å²) >= 11 is 0. The third-order valence-electron chi connectivity index (χ3n) is 17.3. The number of hydrogen-bond donors (Lipinski definition) is 3. The van der Waals surface area contributed by atoms with Crippen LogP contribution in [0.5, 0.6) is 0 Å². The maximum absolute atomic E-state index is 13.1. The quantitative estimate of drug-likeness (QED) is 0.0169. The van der Waals surface area contributed by atoms with Crippen molar-refractivity contribution in [2.75, 3.05) is 39.6 Å². The highest BCUT2D eigenvalue weighted by Gasteiger charge is 2.30. The summed E-state index contributed by atoms with van der Waals surface area (Å²) in [5, 5.41) is 10.6. The van der Waals surface area contributed by atoms with Crippen LogP contribution in [0.3, 0.4) is 0 Å². The van der Waals surface area contributed by atoms with E-state index in [0.717, 1.165) is 161 Å². The van der Waals surface area contributed by atoms with Crippen LogP contribution in [0, 0.1) is 0 Å². The molecule has 0 aromatic rings. The Balaban J connectivity index is 5.32. The predicted octanol–water partition coefficient (Wildman–Crippen LogP) is 22.9. The number of carbonyl (C=O) groups is 4. The molecule has 0 rings (SSSR count). The Morgan fingerprint density at radius 2 is 0.500 bits per heavy atom. The van der Waals surface area contributed by atoms with Gasteiger partial charge in [0.25, 0.3) is 0 Å². The molecule has 19 heteroatoms. The highest BCUT2D eigenvalue weighted by molar-refractivity contribution is 7.47. The summed E-state index contributed by atoms with van der Waals surface area (Å²) in [5.41, 5.74) is 0. The molecule has 0 saturated carbocycles. The summed E-state index contributed by atoms with van der Waals surface area (Å²) in [7, 11) is -9.94. The number of phosphoric ester groups is 2. The van der Waals surface area contributed by atoms with Gasteiger partial charge < -0.3 is 33.8 Å². The van der Waals surface area contributed by atoms with Crippen LogP contribution in [0.2, 0.25) is 0 Å². The summed E-state index contributed by atoms with van der Waals surface area (Å²) in [5.74, 6) is -2.16. The fraction of sp³-hybridized carbons (Fsp3) is 0.848. The maximum Gasteiger partial charge on any atom is 0.472 e. The van der Waals surface area contributed by atoms with Gasteiger partial charge >= 0.3 is 39.5 Å². The fourth-order valence-corrected chi connectivity index (χ4v) is 12.7. The molecule has 0 radical (unpaired) electrons. The van der Waals surface area contributed by atoms with Crippen LogP contribution in [0.4, 0.5) is 0 Å². The number of carbonyl (C=O) groups excluding carboxylic acids is 4. The molecule has 17 nitrogen and oxygen atoms in total. The van der Waals surface area contributed by atoms with Gasteiger partial charge in [-0.2, -0.15) is 0 Å². The van der Waals surface area contributed by atoms with Crippen LogP contribution in [0.1, 0.15) is 374 Å². The average Bonchev–Trinajstić information content (AvgIpc) is 1.04. The molecule has 0 heterocycles. The Hall–Kier alpha value is -2.98. The van der Waals surface area contributed by atoms with Crippen molar-refractivity contribution < 1.29 is 80.2 Å². The Kier molecular flexibility index (Phi) is 70.2. The van der Waals surface area contributed by atoms with E-state index < -0.39 is 97.5 Å². The molecule has 5 atom stereocenters. The number of unbranched alkanes of at least 4 members (excludes halogenated alkanes) is 42. The van der Waals surface area contributed by atoms with Crippen LogP contribution >= 0.6 is 15.6 Å². The van der Waals surface area contributed by atoms with Gasteiger partial charge in [-0.25, -0.2) is 9.13 Å². The minimum atomic E-state index is -4.97. The number of ether oxygens (including phenoxy) is 4. The van der Waals surface area contributed by atoms with Crippen molar-refractivity contribution in [3.8, 4) is 0 Å². The number of hydrogen-bond acceptors (Lipinski definition) is 15. The summed E-state index contributed by atoms with van der Waals surface area (Å²) in [6, 6.07) is 0. The number of esters is 4. The molecule has 98 heavy (non-hydrogen) atoms. The van der Waals surface area contributed by atoms with E-state index in [1.165, 1.54) is 135 Å². The van der Waals surface area contributed by atoms with E-state index in [-0.39, 0.29) is 25.7 Å². The van der Waals surface area contributed by atoms with Crippen LogP contribution in [-0.4, -0.2) is 96.7 Å². The molecule has 0 saturated heterocycles. The molecule has 0 aliphatic rings. The van der Waals surface area contributed by atoms with Gasteiger partial charge in [-0.1, -0.05) is 288 Å². The van der Waals surface area contributed by atoms with E-state index in [2.05, 4.69) is 76.3 Å². The molecule has 0 aliphatic carbocycles. The normalized spacial score (nSPS) is 14.2. The van der Waals surface area contributed by atoms with E-state index in [4.69, 9.17) is 37.0 Å². The van der Waals surface area contributed by atoms with Crippen molar-refractivity contribution in [2.24, 2.45) is 0 Å². The van der Waals surface area contributed by atoms with Crippen molar-refractivity contribution in [3.05, 3.63) is 48.6 Å². The van der Waals surface area contributed by atoms with E-state index in [0.29, 0.717) is 25.7 Å². The van der Waals surface area contributed by atoms with Gasteiger partial charge in [0.2, 0.25) is 0 Å². The van der Waals surface area contributed by atoms with Gasteiger partial charge in [0.1, 0.15) is 19.3 Å². The van der Waals surface area contributed by atoms with Crippen LogP contribution in [-0.2, 0) is 65.4 Å². The molecule has 0 bridgehead atoms. The SMILES string of the molecule is CCCCC/C=C\C/C=C\CCCCCCCC(=O)OC[C@H](COP(=O)(O)OC[C@@H](O)COP(=O)(O)OC[C@@H](COC(=O)CCCCCCCCC/C=C\CCCCCC)OC(=O)CCCCCCCCCCCCCCC)OC(=O)CCCCCCCCC/C=C\CCCCCC. The summed E-state index contributed by atoms with van der Waals surface area (Å²) in [6.45, 7) is 4.88. The van der Waals surface area contributed by atoms with Crippen molar-refractivity contribution in [1.82, 2.24) is 0 Å². The highest BCUT2D eigenvalue weighted by atomic mass is 31.2. The monoisotopic (exact) mass is 1430 g/mol. The van der Waals surface area contributed by atoms with Crippen LogP contribution < -0.4 is 0 Å². The van der Waals surface area contributed by atoms with Crippen LogP contribution in [0.25, 0.3) is 0 Å².